The van der Waals surface area contributed by atoms with E-state index in [0.717, 1.165) is 81.0 Å². The zero-order valence-electron chi connectivity index (χ0n) is 28.5. The number of fused-ring (bicyclic) bond motifs is 2. The van der Waals surface area contributed by atoms with Crippen LogP contribution in [-0.2, 0) is 20.7 Å². The van der Waals surface area contributed by atoms with Gasteiger partial charge in [-0.3, -0.25) is 4.79 Å². The first-order chi connectivity index (χ1) is 23.5. The summed E-state index contributed by atoms with van der Waals surface area (Å²) in [5, 5.41) is 7.33. The Labute approximate surface area is 284 Å². The first kappa shape index (κ1) is 34.9. The smallest absolute Gasteiger partial charge is 0.220 e. The molecule has 7 nitrogen and oxygen atoms in total. The molecule has 0 saturated heterocycles. The number of nitrogens with one attached hydrogen (secondary N) is 1. The van der Waals surface area contributed by atoms with Gasteiger partial charge in [0.2, 0.25) is 5.91 Å². The highest BCUT2D eigenvalue weighted by Gasteiger charge is 2.20. The van der Waals surface area contributed by atoms with Crippen molar-refractivity contribution in [2.75, 3.05) is 53.7 Å². The maximum absolute atomic E-state index is 11.9. The molecule has 0 saturated carbocycles. The van der Waals surface area contributed by atoms with Crippen molar-refractivity contribution >= 4 is 27.5 Å². The average molecular weight is 649 g/mol. The summed E-state index contributed by atoms with van der Waals surface area (Å²) >= 11 is 0. The van der Waals surface area contributed by atoms with E-state index in [4.69, 9.17) is 24.7 Å². The largest absolute Gasteiger partial charge is 0.493 e. The molecular weight excluding hydrogens is 600 g/mol. The molecule has 0 atom stereocenters. The van der Waals surface area contributed by atoms with Crippen molar-refractivity contribution < 1.29 is 23.7 Å². The summed E-state index contributed by atoms with van der Waals surface area (Å²) in [6, 6.07) is 30.3. The fourth-order valence-corrected chi connectivity index (χ4v) is 6.06. The van der Waals surface area contributed by atoms with Gasteiger partial charge in [-0.15, -0.1) is 0 Å². The number of carbonyl (C=O) groups excluding carboxylic acids is 1. The van der Waals surface area contributed by atoms with Crippen LogP contribution in [0.2, 0.25) is 0 Å². The third-order valence-electron chi connectivity index (χ3n) is 8.49. The second kappa shape index (κ2) is 17.6. The van der Waals surface area contributed by atoms with Gasteiger partial charge in [-0.1, -0.05) is 72.3 Å². The average Bonchev–Trinajstić information content (AvgIpc) is 3.11. The van der Waals surface area contributed by atoms with Crippen molar-refractivity contribution in [3.05, 3.63) is 96.1 Å². The molecule has 0 heterocycles. The Kier molecular flexibility index (Phi) is 12.8. The Bertz CT molecular complexity index is 1800. The van der Waals surface area contributed by atoms with Crippen LogP contribution in [0.5, 0.6) is 11.5 Å². The molecule has 3 N–H and O–H groups in total. The molecule has 0 spiro atoms. The van der Waals surface area contributed by atoms with Crippen LogP contribution >= 0.6 is 0 Å². The Balaban J connectivity index is 1.51. The minimum absolute atomic E-state index is 0.0551. The van der Waals surface area contributed by atoms with E-state index in [1.165, 1.54) is 11.1 Å². The van der Waals surface area contributed by atoms with Crippen LogP contribution in [0.15, 0.2) is 84.9 Å². The van der Waals surface area contributed by atoms with E-state index in [-0.39, 0.29) is 5.91 Å². The Morgan fingerprint density at radius 3 is 1.85 bits per heavy atom. The SMILES string of the molecule is COCCCOc1ccc2cc(C)ccc2c1-c1c(OCCCOC)ccc2cc(-c3ccc(CCCC(=O)NCCN)cc3)ccc12. The fraction of sp³-hybridized carbons (Fsp3) is 0.341. The molecular formula is C41H48N2O5. The summed E-state index contributed by atoms with van der Waals surface area (Å²) in [7, 11) is 3.42. The van der Waals surface area contributed by atoms with E-state index in [2.05, 4.69) is 97.2 Å². The minimum atomic E-state index is 0.0551. The van der Waals surface area contributed by atoms with Crippen LogP contribution in [-0.4, -0.2) is 59.6 Å². The lowest BCUT2D eigenvalue weighted by molar-refractivity contribution is -0.121. The molecule has 0 unspecified atom stereocenters. The summed E-state index contributed by atoms with van der Waals surface area (Å²) in [6.07, 6.45) is 3.74. The van der Waals surface area contributed by atoms with Crippen LogP contribution in [0.3, 0.4) is 0 Å². The van der Waals surface area contributed by atoms with Gasteiger partial charge in [0, 0.05) is 70.9 Å². The summed E-state index contributed by atoms with van der Waals surface area (Å²) in [5.74, 6) is 1.70. The van der Waals surface area contributed by atoms with Gasteiger partial charge in [0.25, 0.3) is 0 Å². The molecule has 0 radical (unpaired) electrons. The summed E-state index contributed by atoms with van der Waals surface area (Å²) in [4.78, 5) is 11.9. The van der Waals surface area contributed by atoms with Crippen molar-refractivity contribution in [1.29, 1.82) is 0 Å². The summed E-state index contributed by atoms with van der Waals surface area (Å²) in [6.45, 7) is 5.47. The van der Waals surface area contributed by atoms with E-state index in [1.54, 1.807) is 14.2 Å². The Hall–Kier alpha value is -4.43. The third-order valence-corrected chi connectivity index (χ3v) is 8.49. The van der Waals surface area contributed by atoms with Crippen LogP contribution in [0.4, 0.5) is 0 Å². The van der Waals surface area contributed by atoms with Gasteiger partial charge in [-0.05, 0) is 76.2 Å². The molecule has 0 bridgehead atoms. The molecule has 0 aliphatic rings. The number of amides is 1. The van der Waals surface area contributed by atoms with Crippen LogP contribution in [0.25, 0.3) is 43.8 Å². The number of hydrogen-bond acceptors (Lipinski definition) is 6. The van der Waals surface area contributed by atoms with Crippen molar-refractivity contribution in [3.63, 3.8) is 0 Å². The molecule has 252 valence electrons. The van der Waals surface area contributed by atoms with Crippen LogP contribution < -0.4 is 20.5 Å². The lowest BCUT2D eigenvalue weighted by Gasteiger charge is -2.20. The predicted octanol–water partition coefficient (Wildman–Crippen LogP) is 7.86. The minimum Gasteiger partial charge on any atom is -0.493 e. The highest BCUT2D eigenvalue weighted by Crippen LogP contribution is 2.46. The van der Waals surface area contributed by atoms with E-state index in [1.807, 2.05) is 0 Å². The Morgan fingerprint density at radius 2 is 1.25 bits per heavy atom. The number of aryl methyl sites for hydroxylation is 2. The van der Waals surface area contributed by atoms with E-state index < -0.39 is 0 Å². The molecule has 1 amide bonds. The maximum atomic E-state index is 11.9. The third kappa shape index (κ3) is 8.92. The lowest BCUT2D eigenvalue weighted by atomic mass is 9.90. The zero-order valence-corrected chi connectivity index (χ0v) is 28.5. The first-order valence-electron chi connectivity index (χ1n) is 16.9. The van der Waals surface area contributed by atoms with Gasteiger partial charge in [0.05, 0.1) is 13.2 Å². The molecule has 0 fully saturated rings. The van der Waals surface area contributed by atoms with Gasteiger partial charge < -0.3 is 30.0 Å². The van der Waals surface area contributed by atoms with Gasteiger partial charge in [-0.25, -0.2) is 0 Å². The number of benzene rings is 5. The second-order valence-electron chi connectivity index (χ2n) is 12.1. The quantitative estimate of drug-likeness (QED) is 0.0940. The molecule has 0 aliphatic carbocycles. The monoisotopic (exact) mass is 648 g/mol. The van der Waals surface area contributed by atoms with Gasteiger partial charge in [0.15, 0.2) is 0 Å². The van der Waals surface area contributed by atoms with Crippen molar-refractivity contribution in [1.82, 2.24) is 5.32 Å². The number of hydrogen-bond donors (Lipinski definition) is 2. The predicted molar refractivity (Wildman–Crippen MR) is 196 cm³/mol. The zero-order chi connectivity index (χ0) is 33.7. The molecule has 0 aromatic heterocycles. The topological polar surface area (TPSA) is 92.0 Å². The highest BCUT2D eigenvalue weighted by molar-refractivity contribution is 6.10. The fourth-order valence-electron chi connectivity index (χ4n) is 6.06. The number of rotatable bonds is 18. The maximum Gasteiger partial charge on any atom is 0.220 e. The second-order valence-corrected chi connectivity index (χ2v) is 12.1. The van der Waals surface area contributed by atoms with Gasteiger partial charge in [-0.2, -0.15) is 0 Å². The molecule has 0 aliphatic heterocycles. The van der Waals surface area contributed by atoms with Crippen LogP contribution in [0.1, 0.15) is 36.8 Å². The standard InChI is InChI=1S/C41H48N2O5/c1-29-9-17-35-33(27-29)15-19-37(47-25-5-23-45-2)40(35)41-36-18-14-32(28-34(36)16-20-38(41)48-26-6-24-46-3)31-12-10-30(11-13-31)7-4-8-39(44)43-22-21-42/h9-20,27-28H,4-8,21-26,42H2,1-3H3,(H,43,44). The normalized spacial score (nSPS) is 11.2. The molecule has 5 aromatic rings. The van der Waals surface area contributed by atoms with Gasteiger partial charge >= 0.3 is 0 Å². The van der Waals surface area contributed by atoms with Crippen LogP contribution in [0, 0.1) is 6.92 Å². The van der Waals surface area contributed by atoms with Crippen molar-refractivity contribution in [3.8, 4) is 33.8 Å². The van der Waals surface area contributed by atoms with E-state index in [0.29, 0.717) is 45.9 Å². The van der Waals surface area contributed by atoms with Crippen molar-refractivity contribution in [2.24, 2.45) is 5.73 Å². The lowest BCUT2D eigenvalue weighted by Crippen LogP contribution is -2.28. The molecule has 5 aromatic carbocycles. The van der Waals surface area contributed by atoms with E-state index in [9.17, 15) is 4.79 Å². The molecule has 48 heavy (non-hydrogen) atoms. The summed E-state index contributed by atoms with van der Waals surface area (Å²) in [5.41, 5.74) is 12.2. The van der Waals surface area contributed by atoms with Crippen molar-refractivity contribution in [2.45, 2.75) is 39.0 Å². The molecule has 7 heteroatoms. The number of carbonyl (C=O) groups is 1. The van der Waals surface area contributed by atoms with Gasteiger partial charge in [0.1, 0.15) is 11.5 Å². The Morgan fingerprint density at radius 1 is 0.667 bits per heavy atom. The number of nitrogens with two attached hydrogens (primary N) is 1. The first-order valence-corrected chi connectivity index (χ1v) is 16.9. The van der Waals surface area contributed by atoms with E-state index >= 15 is 0 Å². The summed E-state index contributed by atoms with van der Waals surface area (Å²) < 4.78 is 23.5. The number of ether oxygens (including phenoxy) is 4. The number of methoxy groups -OCH3 is 2. The highest BCUT2D eigenvalue weighted by atomic mass is 16.5. The molecule has 5 rings (SSSR count).